The van der Waals surface area contributed by atoms with E-state index in [2.05, 4.69) is 5.32 Å². The van der Waals surface area contributed by atoms with Gasteiger partial charge in [0.2, 0.25) is 5.91 Å². The summed E-state index contributed by atoms with van der Waals surface area (Å²) in [5.41, 5.74) is 2.69. The van der Waals surface area contributed by atoms with Gasteiger partial charge in [-0.3, -0.25) is 4.79 Å². The molecule has 0 saturated heterocycles. The van der Waals surface area contributed by atoms with Crippen LogP contribution in [0, 0.1) is 0 Å². The fourth-order valence-electron chi connectivity index (χ4n) is 3.41. The zero-order valence-electron chi connectivity index (χ0n) is 15.2. The largest absolute Gasteiger partial charge is 0.457 e. The van der Waals surface area contributed by atoms with Crippen LogP contribution in [-0.2, 0) is 9.53 Å². The summed E-state index contributed by atoms with van der Waals surface area (Å²) in [4.78, 5) is 13.2. The first kappa shape index (κ1) is 18.7. The van der Waals surface area contributed by atoms with Gasteiger partial charge in [-0.2, -0.15) is 11.3 Å². The lowest BCUT2D eigenvalue weighted by Crippen LogP contribution is -2.35. The van der Waals surface area contributed by atoms with Gasteiger partial charge in [-0.15, -0.1) is 0 Å². The number of hydrogen-bond acceptors (Lipinski definition) is 5. The first-order chi connectivity index (χ1) is 13.8. The van der Waals surface area contributed by atoms with E-state index in [4.69, 9.17) is 14.6 Å². The molecule has 2 aromatic carbocycles. The highest BCUT2D eigenvalue weighted by atomic mass is 32.1. The molecule has 4 rings (SSSR count). The lowest BCUT2D eigenvalue weighted by atomic mass is 9.87. The van der Waals surface area contributed by atoms with Crippen molar-refractivity contribution in [3.63, 3.8) is 0 Å². The van der Waals surface area contributed by atoms with Gasteiger partial charge < -0.3 is 19.9 Å². The van der Waals surface area contributed by atoms with E-state index >= 15 is 0 Å². The molecule has 6 heteroatoms. The molecule has 0 aliphatic carbocycles. The number of ether oxygens (including phenoxy) is 2. The molecule has 2 N–H and O–H groups in total. The molecule has 0 fully saturated rings. The van der Waals surface area contributed by atoms with Crippen LogP contribution in [0.2, 0.25) is 0 Å². The second-order valence-corrected chi connectivity index (χ2v) is 7.28. The van der Waals surface area contributed by atoms with Gasteiger partial charge in [0.25, 0.3) is 0 Å². The molecule has 0 saturated carbocycles. The van der Waals surface area contributed by atoms with Crippen molar-refractivity contribution in [2.75, 3.05) is 19.8 Å². The number of benzene rings is 2. The molecular weight excluding hydrogens is 374 g/mol. The van der Waals surface area contributed by atoms with Crippen LogP contribution in [-0.4, -0.2) is 30.8 Å². The van der Waals surface area contributed by atoms with Crippen molar-refractivity contribution in [2.24, 2.45) is 0 Å². The van der Waals surface area contributed by atoms with Crippen molar-refractivity contribution in [3.8, 4) is 11.5 Å². The summed E-state index contributed by atoms with van der Waals surface area (Å²) in [6.07, 6.45) is -0.298. The Hall–Kier alpha value is -2.67. The minimum absolute atomic E-state index is 0.0602. The Bertz CT molecular complexity index is 896. The summed E-state index contributed by atoms with van der Waals surface area (Å²) in [5, 5.41) is 16.1. The van der Waals surface area contributed by atoms with Crippen LogP contribution in [0.4, 0.5) is 0 Å². The summed E-state index contributed by atoms with van der Waals surface area (Å²) in [5.74, 6) is 0.859. The van der Waals surface area contributed by atoms with Crippen LogP contribution in [0.5, 0.6) is 11.5 Å². The van der Waals surface area contributed by atoms with Gasteiger partial charge in [0.1, 0.15) is 17.6 Å². The Balaban J connectivity index is 1.56. The van der Waals surface area contributed by atoms with Gasteiger partial charge in [-0.05, 0) is 34.5 Å². The maximum Gasteiger partial charge on any atom is 0.232 e. The molecule has 0 bridgehead atoms. The smallest absolute Gasteiger partial charge is 0.232 e. The van der Waals surface area contributed by atoms with Gasteiger partial charge in [-0.1, -0.05) is 36.4 Å². The van der Waals surface area contributed by atoms with Crippen LogP contribution < -0.4 is 10.1 Å². The quantitative estimate of drug-likeness (QED) is 0.638. The highest BCUT2D eigenvalue weighted by Crippen LogP contribution is 2.43. The van der Waals surface area contributed by atoms with Crippen molar-refractivity contribution in [2.45, 2.75) is 12.0 Å². The van der Waals surface area contributed by atoms with Crippen LogP contribution in [0.15, 0.2) is 65.4 Å². The monoisotopic (exact) mass is 395 g/mol. The Kier molecular flexibility index (Phi) is 5.71. The van der Waals surface area contributed by atoms with Gasteiger partial charge >= 0.3 is 0 Å². The average molecular weight is 395 g/mol. The topological polar surface area (TPSA) is 67.8 Å². The molecule has 1 aliphatic rings. The number of hydrogen-bond donors (Lipinski definition) is 2. The van der Waals surface area contributed by atoms with Crippen molar-refractivity contribution in [1.29, 1.82) is 0 Å². The highest BCUT2D eigenvalue weighted by Gasteiger charge is 2.32. The Morgan fingerprint density at radius 3 is 2.39 bits per heavy atom. The molecule has 3 aromatic rings. The number of aliphatic hydroxyl groups excluding tert-OH is 1. The summed E-state index contributed by atoms with van der Waals surface area (Å²) in [6, 6.07) is 17.2. The molecule has 1 aromatic heterocycles. The molecule has 144 valence electrons. The van der Waals surface area contributed by atoms with Crippen molar-refractivity contribution in [3.05, 3.63) is 82.0 Å². The predicted molar refractivity (Wildman–Crippen MR) is 108 cm³/mol. The van der Waals surface area contributed by atoms with Crippen molar-refractivity contribution < 1.29 is 19.4 Å². The van der Waals surface area contributed by atoms with Crippen LogP contribution in [0.3, 0.4) is 0 Å². The Morgan fingerprint density at radius 1 is 1.11 bits per heavy atom. The van der Waals surface area contributed by atoms with Crippen LogP contribution in [0.25, 0.3) is 0 Å². The number of nitrogens with one attached hydrogen (secondary N) is 1. The molecule has 1 amide bonds. The number of fused-ring (bicyclic) bond motifs is 2. The minimum Gasteiger partial charge on any atom is -0.457 e. The van der Waals surface area contributed by atoms with E-state index in [-0.39, 0.29) is 25.2 Å². The second kappa shape index (κ2) is 8.56. The van der Waals surface area contributed by atoms with E-state index < -0.39 is 5.92 Å². The fraction of sp³-hybridized carbons (Fsp3) is 0.227. The molecule has 0 radical (unpaired) electrons. The van der Waals surface area contributed by atoms with E-state index in [1.165, 1.54) is 0 Å². The summed E-state index contributed by atoms with van der Waals surface area (Å²) >= 11 is 1.57. The number of thiophene rings is 1. The molecule has 1 atom stereocenters. The van der Waals surface area contributed by atoms with Crippen LogP contribution >= 0.6 is 11.3 Å². The third-order valence-electron chi connectivity index (χ3n) is 4.73. The third-order valence-corrected chi connectivity index (χ3v) is 5.43. The number of amides is 1. The molecule has 28 heavy (non-hydrogen) atoms. The Morgan fingerprint density at radius 2 is 1.79 bits per heavy atom. The number of aliphatic hydroxyl groups is 1. The SMILES string of the molecule is O=C(NC[C@H](OCCO)c1ccsc1)C1c2ccccc2Oc2ccccc21. The normalized spacial score (nSPS) is 13.9. The number of rotatable bonds is 7. The van der Waals surface area contributed by atoms with Crippen molar-refractivity contribution in [1.82, 2.24) is 5.32 Å². The molecule has 1 aliphatic heterocycles. The minimum atomic E-state index is -0.442. The number of carbonyl (C=O) groups is 1. The lowest BCUT2D eigenvalue weighted by molar-refractivity contribution is -0.122. The average Bonchev–Trinajstić information content (AvgIpc) is 3.26. The number of para-hydroxylation sites is 2. The van der Waals surface area contributed by atoms with Gasteiger partial charge in [-0.25, -0.2) is 0 Å². The number of carbonyl (C=O) groups excluding carboxylic acids is 1. The zero-order chi connectivity index (χ0) is 19.3. The summed E-state index contributed by atoms with van der Waals surface area (Å²) in [7, 11) is 0. The van der Waals surface area contributed by atoms with Gasteiger partial charge in [0.15, 0.2) is 0 Å². The second-order valence-electron chi connectivity index (χ2n) is 6.50. The Labute approximate surface area is 167 Å². The summed E-state index contributed by atoms with van der Waals surface area (Å²) < 4.78 is 11.7. The maximum atomic E-state index is 13.2. The molecule has 2 heterocycles. The van der Waals surface area contributed by atoms with Gasteiger partial charge in [0.05, 0.1) is 19.1 Å². The van der Waals surface area contributed by atoms with E-state index in [1.54, 1.807) is 11.3 Å². The molecular formula is C22H21NO4S. The molecule has 5 nitrogen and oxygen atoms in total. The van der Waals surface area contributed by atoms with E-state index in [0.717, 1.165) is 16.7 Å². The van der Waals surface area contributed by atoms with Crippen molar-refractivity contribution >= 4 is 17.2 Å². The van der Waals surface area contributed by atoms with Crippen LogP contribution in [0.1, 0.15) is 28.7 Å². The van der Waals surface area contributed by atoms with E-state index in [0.29, 0.717) is 18.0 Å². The fourth-order valence-corrected chi connectivity index (χ4v) is 4.12. The standard InChI is InChI=1S/C22H21NO4S/c24-10-11-26-20(15-9-12-28-14-15)13-23-22(25)21-16-5-1-3-7-18(16)27-19-8-4-2-6-17(19)21/h1-9,12,14,20-21,24H,10-11,13H2,(H,23,25)/t20-/m0/s1. The molecule has 0 spiro atoms. The van der Waals surface area contributed by atoms with Gasteiger partial charge in [0, 0.05) is 17.7 Å². The third kappa shape index (κ3) is 3.80. The first-order valence-corrected chi connectivity index (χ1v) is 10.1. The predicted octanol–water partition coefficient (Wildman–Crippen LogP) is 3.85. The summed E-state index contributed by atoms with van der Waals surface area (Å²) in [6.45, 7) is 0.492. The zero-order valence-corrected chi connectivity index (χ0v) is 16.0. The lowest BCUT2D eigenvalue weighted by Gasteiger charge is -2.28. The highest BCUT2D eigenvalue weighted by molar-refractivity contribution is 7.07. The maximum absolute atomic E-state index is 13.2. The van der Waals surface area contributed by atoms with E-state index in [9.17, 15) is 4.79 Å². The molecule has 0 unspecified atom stereocenters. The first-order valence-electron chi connectivity index (χ1n) is 9.16. The van der Waals surface area contributed by atoms with E-state index in [1.807, 2.05) is 65.4 Å².